The Bertz CT molecular complexity index is 834. The van der Waals surface area contributed by atoms with Crippen molar-refractivity contribution in [2.75, 3.05) is 12.8 Å². The zero-order valence-corrected chi connectivity index (χ0v) is 13.4. The first-order valence-electron chi connectivity index (χ1n) is 7.44. The Kier molecular flexibility index (Phi) is 3.53. The lowest BCUT2D eigenvalue weighted by atomic mass is 9.98. The molecule has 3 rings (SSSR count). The fourth-order valence-corrected chi connectivity index (χ4v) is 2.77. The first-order chi connectivity index (χ1) is 10.5. The Morgan fingerprint density at radius 1 is 1.23 bits per heavy atom. The fraction of sp³-hybridized carbons (Fsp3) is 0.278. The zero-order valence-electron chi connectivity index (χ0n) is 13.4. The summed E-state index contributed by atoms with van der Waals surface area (Å²) in [4.78, 5) is 4.74. The number of benzene rings is 1. The van der Waals surface area contributed by atoms with Crippen LogP contribution in [0.5, 0.6) is 5.75 Å². The minimum atomic E-state index is 0.370. The Balaban J connectivity index is 2.21. The minimum absolute atomic E-state index is 0.370. The molecule has 1 aromatic carbocycles. The fourth-order valence-electron chi connectivity index (χ4n) is 2.77. The minimum Gasteiger partial charge on any atom is -0.496 e. The summed E-state index contributed by atoms with van der Waals surface area (Å²) in [5.74, 6) is 1.94. The van der Waals surface area contributed by atoms with Crippen LogP contribution in [0.2, 0.25) is 0 Å². The monoisotopic (exact) mass is 295 g/mol. The van der Waals surface area contributed by atoms with Gasteiger partial charge in [0, 0.05) is 11.8 Å². The largest absolute Gasteiger partial charge is 0.496 e. The van der Waals surface area contributed by atoms with E-state index < -0.39 is 0 Å². The highest BCUT2D eigenvalue weighted by Gasteiger charge is 2.15. The molecule has 0 spiro atoms. The summed E-state index contributed by atoms with van der Waals surface area (Å²) in [5, 5.41) is 0. The maximum atomic E-state index is 6.31. The first-order valence-corrected chi connectivity index (χ1v) is 7.44. The summed E-state index contributed by atoms with van der Waals surface area (Å²) in [5.41, 5.74) is 11.3. The molecule has 2 N–H and O–H groups in total. The second-order valence-corrected chi connectivity index (χ2v) is 5.84. The Morgan fingerprint density at radius 2 is 2.00 bits per heavy atom. The molecule has 0 saturated carbocycles. The van der Waals surface area contributed by atoms with E-state index in [1.807, 2.05) is 41.8 Å². The van der Waals surface area contributed by atoms with Gasteiger partial charge < -0.3 is 10.5 Å². The maximum Gasteiger partial charge on any atom is 0.142 e. The van der Waals surface area contributed by atoms with Crippen molar-refractivity contribution in [1.29, 1.82) is 0 Å². The number of aryl methyl sites for hydroxylation is 1. The van der Waals surface area contributed by atoms with Gasteiger partial charge in [0.2, 0.25) is 0 Å². The maximum absolute atomic E-state index is 6.31. The second-order valence-electron chi connectivity index (χ2n) is 5.84. The molecule has 0 aliphatic heterocycles. The molecule has 22 heavy (non-hydrogen) atoms. The topological polar surface area (TPSA) is 52.5 Å². The van der Waals surface area contributed by atoms with Gasteiger partial charge in [-0.25, -0.2) is 4.98 Å². The number of ether oxygens (including phenoxy) is 1. The van der Waals surface area contributed by atoms with Gasteiger partial charge in [0.05, 0.1) is 7.11 Å². The van der Waals surface area contributed by atoms with E-state index in [0.717, 1.165) is 33.8 Å². The number of aromatic nitrogens is 2. The standard InChI is InChI=1S/C18H21N3O/c1-11(2)14-10-13(7-8-15(14)22-4)16-17(19)21-9-5-6-12(3)18(21)20-16/h5-11H,19H2,1-4H3. The molecule has 0 fully saturated rings. The zero-order chi connectivity index (χ0) is 15.9. The van der Waals surface area contributed by atoms with E-state index in [9.17, 15) is 0 Å². The molecule has 0 saturated heterocycles. The van der Waals surface area contributed by atoms with Crippen LogP contribution in [-0.2, 0) is 0 Å². The number of fused-ring (bicyclic) bond motifs is 1. The van der Waals surface area contributed by atoms with Crippen LogP contribution >= 0.6 is 0 Å². The molecular formula is C18H21N3O. The van der Waals surface area contributed by atoms with Gasteiger partial charge in [-0.2, -0.15) is 0 Å². The number of anilines is 1. The van der Waals surface area contributed by atoms with E-state index >= 15 is 0 Å². The summed E-state index contributed by atoms with van der Waals surface area (Å²) in [6, 6.07) is 10.1. The third-order valence-electron chi connectivity index (χ3n) is 4.01. The average Bonchev–Trinajstić information content (AvgIpc) is 2.85. The van der Waals surface area contributed by atoms with Gasteiger partial charge >= 0.3 is 0 Å². The predicted molar refractivity (Wildman–Crippen MR) is 90.4 cm³/mol. The highest BCUT2D eigenvalue weighted by molar-refractivity contribution is 5.76. The molecule has 0 bridgehead atoms. The van der Waals surface area contributed by atoms with Crippen molar-refractivity contribution in [3.63, 3.8) is 0 Å². The highest BCUT2D eigenvalue weighted by atomic mass is 16.5. The van der Waals surface area contributed by atoms with E-state index in [4.69, 9.17) is 15.5 Å². The van der Waals surface area contributed by atoms with E-state index in [1.54, 1.807) is 7.11 Å². The number of imidazole rings is 1. The molecule has 0 atom stereocenters. The van der Waals surface area contributed by atoms with Crippen LogP contribution in [0.1, 0.15) is 30.9 Å². The number of methoxy groups -OCH3 is 1. The number of nitrogen functional groups attached to an aromatic ring is 1. The molecule has 4 nitrogen and oxygen atoms in total. The number of pyridine rings is 1. The highest BCUT2D eigenvalue weighted by Crippen LogP contribution is 2.34. The van der Waals surface area contributed by atoms with Crippen molar-refractivity contribution in [3.05, 3.63) is 47.7 Å². The van der Waals surface area contributed by atoms with E-state index in [-0.39, 0.29) is 0 Å². The van der Waals surface area contributed by atoms with Gasteiger partial charge in [0.15, 0.2) is 0 Å². The molecule has 0 aliphatic rings. The number of hydrogen-bond donors (Lipinski definition) is 1. The predicted octanol–water partition coefficient (Wildman–Crippen LogP) is 4.02. The molecule has 0 radical (unpaired) electrons. The Morgan fingerprint density at radius 3 is 2.64 bits per heavy atom. The number of nitrogens with zero attached hydrogens (tertiary/aromatic N) is 2. The normalized spacial score (nSPS) is 11.3. The average molecular weight is 295 g/mol. The molecular weight excluding hydrogens is 274 g/mol. The van der Waals surface area contributed by atoms with E-state index in [2.05, 4.69) is 19.9 Å². The van der Waals surface area contributed by atoms with Gasteiger partial charge in [-0.05, 0) is 48.2 Å². The molecule has 4 heteroatoms. The van der Waals surface area contributed by atoms with E-state index in [1.165, 1.54) is 0 Å². The van der Waals surface area contributed by atoms with Crippen LogP contribution in [0.3, 0.4) is 0 Å². The van der Waals surface area contributed by atoms with Crippen LogP contribution in [0.15, 0.2) is 36.5 Å². The summed E-state index contributed by atoms with van der Waals surface area (Å²) in [7, 11) is 1.70. The van der Waals surface area contributed by atoms with Crippen molar-refractivity contribution in [1.82, 2.24) is 9.38 Å². The summed E-state index contributed by atoms with van der Waals surface area (Å²) < 4.78 is 7.38. The Hall–Kier alpha value is -2.49. The third-order valence-corrected chi connectivity index (χ3v) is 4.01. The first kappa shape index (κ1) is 14.4. The van der Waals surface area contributed by atoms with Gasteiger partial charge in [0.25, 0.3) is 0 Å². The molecule has 0 aliphatic carbocycles. The molecule has 2 aromatic heterocycles. The van der Waals surface area contributed by atoms with Crippen molar-refractivity contribution in [2.24, 2.45) is 0 Å². The SMILES string of the molecule is COc1ccc(-c2nc3c(C)cccn3c2N)cc1C(C)C. The molecule has 0 amide bonds. The van der Waals surface area contributed by atoms with Gasteiger partial charge in [-0.3, -0.25) is 4.40 Å². The lowest BCUT2D eigenvalue weighted by Crippen LogP contribution is -1.97. The van der Waals surface area contributed by atoms with Crippen LogP contribution in [-0.4, -0.2) is 16.5 Å². The molecule has 0 unspecified atom stereocenters. The number of rotatable bonds is 3. The number of nitrogens with two attached hydrogens (primary N) is 1. The molecule has 114 valence electrons. The Labute approximate surface area is 130 Å². The summed E-state index contributed by atoms with van der Waals surface area (Å²) in [6.07, 6.45) is 1.95. The van der Waals surface area contributed by atoms with Gasteiger partial charge in [-0.1, -0.05) is 19.9 Å². The van der Waals surface area contributed by atoms with Crippen molar-refractivity contribution < 1.29 is 4.74 Å². The lowest BCUT2D eigenvalue weighted by molar-refractivity contribution is 0.407. The second kappa shape index (κ2) is 5.37. The van der Waals surface area contributed by atoms with E-state index in [0.29, 0.717) is 11.7 Å². The lowest BCUT2D eigenvalue weighted by Gasteiger charge is -2.13. The van der Waals surface area contributed by atoms with Crippen LogP contribution in [0.4, 0.5) is 5.82 Å². The van der Waals surface area contributed by atoms with Crippen molar-refractivity contribution in [3.8, 4) is 17.0 Å². The molecule has 3 aromatic rings. The third kappa shape index (κ3) is 2.21. The molecule has 2 heterocycles. The van der Waals surface area contributed by atoms with Gasteiger partial charge in [-0.15, -0.1) is 0 Å². The quantitative estimate of drug-likeness (QED) is 0.794. The van der Waals surface area contributed by atoms with Crippen LogP contribution < -0.4 is 10.5 Å². The smallest absolute Gasteiger partial charge is 0.142 e. The van der Waals surface area contributed by atoms with Crippen LogP contribution in [0, 0.1) is 6.92 Å². The van der Waals surface area contributed by atoms with Crippen molar-refractivity contribution >= 4 is 11.5 Å². The summed E-state index contributed by atoms with van der Waals surface area (Å²) in [6.45, 7) is 6.34. The van der Waals surface area contributed by atoms with Crippen molar-refractivity contribution in [2.45, 2.75) is 26.7 Å². The summed E-state index contributed by atoms with van der Waals surface area (Å²) >= 11 is 0. The van der Waals surface area contributed by atoms with Gasteiger partial charge in [0.1, 0.15) is 22.9 Å². The van der Waals surface area contributed by atoms with Crippen LogP contribution in [0.25, 0.3) is 16.9 Å². The number of hydrogen-bond acceptors (Lipinski definition) is 3.